The Morgan fingerprint density at radius 3 is 2.49 bits per heavy atom. The van der Waals surface area contributed by atoms with Gasteiger partial charge in [-0.3, -0.25) is 14.3 Å². The molecular formula is C28H27FN6O3S. The van der Waals surface area contributed by atoms with Crippen molar-refractivity contribution in [2.24, 2.45) is 14.1 Å². The van der Waals surface area contributed by atoms with E-state index in [1.165, 1.54) is 33.8 Å². The van der Waals surface area contributed by atoms with Crippen molar-refractivity contribution in [2.75, 3.05) is 10.6 Å². The predicted molar refractivity (Wildman–Crippen MR) is 151 cm³/mol. The Kier molecular flexibility index (Phi) is 6.57. The first-order chi connectivity index (χ1) is 18.4. The Balaban J connectivity index is 1.49. The fraction of sp³-hybridized carbons (Fsp3) is 0.214. The van der Waals surface area contributed by atoms with Crippen molar-refractivity contribution in [1.82, 2.24) is 19.6 Å². The van der Waals surface area contributed by atoms with E-state index in [2.05, 4.69) is 20.8 Å². The van der Waals surface area contributed by atoms with Gasteiger partial charge in [-0.25, -0.2) is 9.07 Å². The van der Waals surface area contributed by atoms with Crippen molar-refractivity contribution < 1.29 is 14.3 Å². The molecule has 9 nitrogen and oxygen atoms in total. The lowest BCUT2D eigenvalue weighted by molar-refractivity contribution is 0.0695. The highest BCUT2D eigenvalue weighted by molar-refractivity contribution is 7.20. The molecule has 1 amide bonds. The molecule has 0 atom stereocenters. The molecule has 3 aromatic heterocycles. The predicted octanol–water partition coefficient (Wildman–Crippen LogP) is 5.07. The minimum absolute atomic E-state index is 0.0414. The van der Waals surface area contributed by atoms with Gasteiger partial charge in [0.2, 0.25) is 0 Å². The normalized spacial score (nSPS) is 11.7. The van der Waals surface area contributed by atoms with Crippen LogP contribution in [-0.4, -0.2) is 30.6 Å². The van der Waals surface area contributed by atoms with Gasteiger partial charge >= 0.3 is 0 Å². The van der Waals surface area contributed by atoms with Crippen molar-refractivity contribution in [3.63, 3.8) is 0 Å². The Bertz CT molecular complexity index is 1760. The largest absolute Gasteiger partial charge is 0.384 e. The smallest absolute Gasteiger partial charge is 0.290 e. The standard InChI is InChI=1S/C28H27FN6O3S/c1-15-17(10-11-18(29)25(15)31-26(36)22-12-16-8-6-7-9-21(16)39-22)19-13-20(27(37)35(5)32-19)30-24-14-23(28(2,3)38)34(4)33-24/h6-14,38H,1-5H3,(H,30,33)(H,31,36). The molecule has 0 aliphatic carbocycles. The summed E-state index contributed by atoms with van der Waals surface area (Å²) >= 11 is 1.33. The second kappa shape index (κ2) is 9.75. The Labute approximate surface area is 227 Å². The van der Waals surface area contributed by atoms with E-state index in [9.17, 15) is 19.1 Å². The highest BCUT2D eigenvalue weighted by atomic mass is 32.1. The summed E-state index contributed by atoms with van der Waals surface area (Å²) in [6.07, 6.45) is 0. The molecule has 39 heavy (non-hydrogen) atoms. The molecule has 2 aromatic carbocycles. The van der Waals surface area contributed by atoms with Crippen LogP contribution in [0.15, 0.2) is 59.4 Å². The SMILES string of the molecule is Cc1c(-c2cc(Nc3cc(C(C)(C)O)n(C)n3)c(=O)n(C)n2)ccc(F)c1NC(=O)c1cc2ccccc2s1. The van der Waals surface area contributed by atoms with E-state index in [-0.39, 0.29) is 11.4 Å². The molecule has 0 radical (unpaired) electrons. The first-order valence-electron chi connectivity index (χ1n) is 12.1. The summed E-state index contributed by atoms with van der Waals surface area (Å²) in [5.41, 5.74) is 0.674. The highest BCUT2D eigenvalue weighted by Gasteiger charge is 2.23. The number of carbonyl (C=O) groups is 1. The number of fused-ring (bicyclic) bond motifs is 1. The number of amides is 1. The van der Waals surface area contributed by atoms with Crippen molar-refractivity contribution in [2.45, 2.75) is 26.4 Å². The highest BCUT2D eigenvalue weighted by Crippen LogP contribution is 2.32. The number of aromatic nitrogens is 4. The van der Waals surface area contributed by atoms with Crippen LogP contribution in [-0.2, 0) is 19.7 Å². The number of nitrogens with one attached hydrogen (secondary N) is 2. The van der Waals surface area contributed by atoms with Crippen LogP contribution < -0.4 is 16.2 Å². The fourth-order valence-corrected chi connectivity index (χ4v) is 5.41. The molecule has 0 fully saturated rings. The van der Waals surface area contributed by atoms with E-state index < -0.39 is 22.9 Å². The zero-order valence-electron chi connectivity index (χ0n) is 22.0. The molecule has 0 unspecified atom stereocenters. The summed E-state index contributed by atoms with van der Waals surface area (Å²) in [5.74, 6) is -0.624. The van der Waals surface area contributed by atoms with Gasteiger partial charge in [-0.2, -0.15) is 10.2 Å². The maximum Gasteiger partial charge on any atom is 0.290 e. The molecule has 0 aliphatic rings. The average Bonchev–Trinajstić information content (AvgIpc) is 3.47. The van der Waals surface area contributed by atoms with Crippen LogP contribution in [0.5, 0.6) is 0 Å². The van der Waals surface area contributed by atoms with Crippen LogP contribution in [0.4, 0.5) is 21.6 Å². The molecule has 5 rings (SSSR count). The molecule has 0 saturated heterocycles. The van der Waals surface area contributed by atoms with Crippen LogP contribution in [0.2, 0.25) is 0 Å². The second-order valence-electron chi connectivity index (χ2n) is 9.79. The number of benzene rings is 2. The summed E-state index contributed by atoms with van der Waals surface area (Å²) in [5, 5.41) is 25.8. The van der Waals surface area contributed by atoms with E-state index >= 15 is 0 Å². The monoisotopic (exact) mass is 546 g/mol. The Morgan fingerprint density at radius 1 is 1.05 bits per heavy atom. The van der Waals surface area contributed by atoms with Gasteiger partial charge in [-0.05, 0) is 62.1 Å². The number of hydrogen-bond donors (Lipinski definition) is 3. The summed E-state index contributed by atoms with van der Waals surface area (Å²) < 4.78 is 18.6. The molecule has 3 N–H and O–H groups in total. The zero-order chi connectivity index (χ0) is 28.1. The molecule has 11 heteroatoms. The van der Waals surface area contributed by atoms with Crippen LogP contribution in [0.25, 0.3) is 21.3 Å². The lowest BCUT2D eigenvalue weighted by Gasteiger charge is -2.16. The molecule has 0 saturated carbocycles. The van der Waals surface area contributed by atoms with Crippen molar-refractivity contribution in [1.29, 1.82) is 0 Å². The zero-order valence-corrected chi connectivity index (χ0v) is 22.9. The number of aryl methyl sites for hydroxylation is 2. The Morgan fingerprint density at radius 2 is 1.79 bits per heavy atom. The van der Waals surface area contributed by atoms with Crippen molar-refractivity contribution >= 4 is 44.5 Å². The van der Waals surface area contributed by atoms with Gasteiger partial charge in [-0.1, -0.05) is 18.2 Å². The van der Waals surface area contributed by atoms with Gasteiger partial charge in [0, 0.05) is 30.4 Å². The first kappa shape index (κ1) is 26.3. The molecule has 0 spiro atoms. The number of aliphatic hydroxyl groups is 1. The molecule has 0 aliphatic heterocycles. The Hall–Kier alpha value is -4.35. The summed E-state index contributed by atoms with van der Waals surface area (Å²) in [6.45, 7) is 4.98. The summed E-state index contributed by atoms with van der Waals surface area (Å²) in [6, 6.07) is 15.5. The lowest BCUT2D eigenvalue weighted by Crippen LogP contribution is -2.23. The van der Waals surface area contributed by atoms with Crippen molar-refractivity contribution in [3.8, 4) is 11.3 Å². The second-order valence-corrected chi connectivity index (χ2v) is 10.9. The fourth-order valence-electron chi connectivity index (χ4n) is 4.45. The van der Waals surface area contributed by atoms with E-state index in [1.54, 1.807) is 52.1 Å². The van der Waals surface area contributed by atoms with E-state index in [0.717, 1.165) is 10.1 Å². The molecular weight excluding hydrogens is 519 g/mol. The van der Waals surface area contributed by atoms with E-state index in [1.807, 2.05) is 24.3 Å². The number of rotatable bonds is 6. The first-order valence-corrected chi connectivity index (χ1v) is 13.0. The number of halogens is 1. The minimum atomic E-state index is -1.13. The summed E-state index contributed by atoms with van der Waals surface area (Å²) in [4.78, 5) is 26.4. The number of nitrogens with zero attached hydrogens (tertiary/aromatic N) is 4. The third-order valence-electron chi connectivity index (χ3n) is 6.41. The van der Waals surface area contributed by atoms with Gasteiger partial charge in [0.15, 0.2) is 5.82 Å². The van der Waals surface area contributed by atoms with Gasteiger partial charge in [-0.15, -0.1) is 11.3 Å². The van der Waals surface area contributed by atoms with Gasteiger partial charge < -0.3 is 15.7 Å². The third-order valence-corrected chi connectivity index (χ3v) is 7.53. The molecule has 3 heterocycles. The van der Waals surface area contributed by atoms with Gasteiger partial charge in [0.1, 0.15) is 17.1 Å². The van der Waals surface area contributed by atoms with Crippen LogP contribution in [0.1, 0.15) is 34.8 Å². The van der Waals surface area contributed by atoms with Crippen LogP contribution in [0.3, 0.4) is 0 Å². The van der Waals surface area contributed by atoms with Crippen LogP contribution >= 0.6 is 11.3 Å². The topological polar surface area (TPSA) is 114 Å². The van der Waals surface area contributed by atoms with E-state index in [4.69, 9.17) is 0 Å². The quantitative estimate of drug-likeness (QED) is 0.274. The van der Waals surface area contributed by atoms with E-state index in [0.29, 0.717) is 33.2 Å². The number of carbonyl (C=O) groups excluding carboxylic acids is 1. The average molecular weight is 547 g/mol. The van der Waals surface area contributed by atoms with Gasteiger partial charge in [0.25, 0.3) is 11.5 Å². The van der Waals surface area contributed by atoms with Gasteiger partial charge in [0.05, 0.1) is 22.0 Å². The third kappa shape index (κ3) is 5.06. The lowest BCUT2D eigenvalue weighted by atomic mass is 10.0. The minimum Gasteiger partial charge on any atom is -0.384 e. The maximum atomic E-state index is 14.9. The van der Waals surface area contributed by atoms with Crippen LogP contribution in [0, 0.1) is 12.7 Å². The summed E-state index contributed by atoms with van der Waals surface area (Å²) in [7, 11) is 3.21. The number of anilines is 3. The van der Waals surface area contributed by atoms with Crippen molar-refractivity contribution in [3.05, 3.63) is 86.9 Å². The maximum absolute atomic E-state index is 14.9. The molecule has 0 bridgehead atoms. The number of thiophene rings is 1. The number of hydrogen-bond acceptors (Lipinski definition) is 7. The molecule has 5 aromatic rings. The molecule has 200 valence electrons.